The Morgan fingerprint density at radius 2 is 1.78 bits per heavy atom. The number of rotatable bonds is 4. The molecule has 2 rings (SSSR count). The van der Waals surface area contributed by atoms with Gasteiger partial charge in [-0.3, -0.25) is 10.1 Å². The van der Waals surface area contributed by atoms with E-state index in [2.05, 4.69) is 5.32 Å². The molecule has 0 atom stereocenters. The Morgan fingerprint density at radius 1 is 1.11 bits per heavy atom. The van der Waals surface area contributed by atoms with Gasteiger partial charge in [-0.1, -0.05) is 17.7 Å². The Labute approximate surface area is 156 Å². The van der Waals surface area contributed by atoms with Crippen molar-refractivity contribution in [3.8, 4) is 0 Å². The second kappa shape index (κ2) is 8.28. The Morgan fingerprint density at radius 3 is 2.44 bits per heavy atom. The highest BCUT2D eigenvalue weighted by Crippen LogP contribution is 2.22. The highest BCUT2D eigenvalue weighted by atomic mass is 35.5. The molecule has 2 aromatic rings. The van der Waals surface area contributed by atoms with E-state index in [1.54, 1.807) is 0 Å². The summed E-state index contributed by atoms with van der Waals surface area (Å²) in [4.78, 5) is 34.7. The van der Waals surface area contributed by atoms with Gasteiger partial charge in [0.1, 0.15) is 0 Å². The van der Waals surface area contributed by atoms with Gasteiger partial charge in [0, 0.05) is 11.8 Å². The van der Waals surface area contributed by atoms with E-state index in [4.69, 9.17) is 22.4 Å². The number of halogens is 3. The van der Waals surface area contributed by atoms with Crippen molar-refractivity contribution < 1.29 is 28.3 Å². The molecule has 0 aliphatic heterocycles. The smallest absolute Gasteiger partial charge is 0.328 e. The van der Waals surface area contributed by atoms with Crippen LogP contribution >= 0.6 is 11.6 Å². The number of benzene rings is 2. The zero-order chi connectivity index (χ0) is 20.1. The first-order valence-corrected chi connectivity index (χ1v) is 7.62. The molecule has 10 heteroatoms. The molecule has 0 spiro atoms. The van der Waals surface area contributed by atoms with Crippen molar-refractivity contribution in [2.45, 2.75) is 0 Å². The van der Waals surface area contributed by atoms with Crippen LogP contribution in [0, 0.1) is 11.6 Å². The van der Waals surface area contributed by atoms with Crippen LogP contribution in [-0.4, -0.2) is 23.0 Å². The second-order valence-electron chi connectivity index (χ2n) is 5.17. The first-order chi connectivity index (χ1) is 12.7. The maximum Gasteiger partial charge on any atom is 0.328 e. The zero-order valence-corrected chi connectivity index (χ0v) is 14.2. The normalized spacial score (nSPS) is 10.6. The molecule has 0 fully saturated rings. The third-order valence-electron chi connectivity index (χ3n) is 3.21. The fourth-order valence-electron chi connectivity index (χ4n) is 2.01. The largest absolute Gasteiger partial charge is 0.478 e. The number of amides is 3. The molecule has 5 N–H and O–H groups in total. The molecule has 0 saturated carbocycles. The minimum absolute atomic E-state index is 0.120. The van der Waals surface area contributed by atoms with Crippen LogP contribution in [0.5, 0.6) is 0 Å². The quantitative estimate of drug-likeness (QED) is 0.359. The SMILES string of the molecule is Nc1ccc(C=CC(=O)O)c(NC(=O)NC(=O)c2cc(F)c(F)cc2Cl)c1. The van der Waals surface area contributed by atoms with E-state index in [0.717, 1.165) is 6.08 Å². The van der Waals surface area contributed by atoms with E-state index in [1.807, 2.05) is 5.32 Å². The molecule has 140 valence electrons. The van der Waals surface area contributed by atoms with Crippen LogP contribution in [0.15, 0.2) is 36.4 Å². The van der Waals surface area contributed by atoms with Crippen LogP contribution in [-0.2, 0) is 4.79 Å². The first-order valence-electron chi connectivity index (χ1n) is 7.25. The fourth-order valence-corrected chi connectivity index (χ4v) is 2.25. The van der Waals surface area contributed by atoms with Gasteiger partial charge in [0.05, 0.1) is 16.3 Å². The van der Waals surface area contributed by atoms with E-state index in [1.165, 1.54) is 24.3 Å². The van der Waals surface area contributed by atoms with E-state index < -0.39 is 35.1 Å². The maximum absolute atomic E-state index is 13.3. The molecule has 0 bridgehead atoms. The van der Waals surface area contributed by atoms with Gasteiger partial charge in [0.2, 0.25) is 0 Å². The number of carboxylic acid groups (broad SMARTS) is 1. The standard InChI is InChI=1S/C17H12ClF2N3O4/c18-11-7-13(20)12(19)6-10(11)16(26)23-17(27)22-14-5-9(21)3-1-8(14)2-4-15(24)25/h1-7H,21H2,(H,24,25)(H2,22,23,26,27). The number of imide groups is 1. The molecule has 0 aliphatic rings. The molecule has 3 amide bonds. The minimum atomic E-state index is -1.30. The third kappa shape index (κ3) is 5.25. The summed E-state index contributed by atoms with van der Waals surface area (Å²) in [6.07, 6.45) is 2.06. The number of carboxylic acids is 1. The lowest BCUT2D eigenvalue weighted by molar-refractivity contribution is -0.131. The molecule has 7 nitrogen and oxygen atoms in total. The lowest BCUT2D eigenvalue weighted by Crippen LogP contribution is -2.34. The van der Waals surface area contributed by atoms with E-state index in [9.17, 15) is 23.2 Å². The third-order valence-corrected chi connectivity index (χ3v) is 3.53. The number of carbonyl (C=O) groups excluding carboxylic acids is 2. The van der Waals surface area contributed by atoms with Gasteiger partial charge < -0.3 is 16.2 Å². The summed E-state index contributed by atoms with van der Waals surface area (Å²) in [5.74, 6) is -4.81. The van der Waals surface area contributed by atoms with Gasteiger partial charge in [-0.25, -0.2) is 18.4 Å². The minimum Gasteiger partial charge on any atom is -0.478 e. The summed E-state index contributed by atoms with van der Waals surface area (Å²) >= 11 is 5.68. The molecule has 0 radical (unpaired) electrons. The highest BCUT2D eigenvalue weighted by molar-refractivity contribution is 6.34. The lowest BCUT2D eigenvalue weighted by atomic mass is 10.1. The van der Waals surface area contributed by atoms with Crippen molar-refractivity contribution >= 4 is 47.0 Å². The molecular formula is C17H12ClF2N3O4. The van der Waals surface area contributed by atoms with Crippen molar-refractivity contribution in [3.05, 3.63) is 64.2 Å². The van der Waals surface area contributed by atoms with Gasteiger partial charge in [0.15, 0.2) is 11.6 Å². The van der Waals surface area contributed by atoms with Gasteiger partial charge in [-0.05, 0) is 35.9 Å². The molecule has 2 aromatic carbocycles. The fraction of sp³-hybridized carbons (Fsp3) is 0. The Kier molecular flexibility index (Phi) is 6.09. The van der Waals surface area contributed by atoms with Crippen molar-refractivity contribution in [2.75, 3.05) is 11.1 Å². The topological polar surface area (TPSA) is 122 Å². The zero-order valence-electron chi connectivity index (χ0n) is 13.4. The predicted octanol–water partition coefficient (Wildman–Crippen LogP) is 3.26. The summed E-state index contributed by atoms with van der Waals surface area (Å²) in [6.45, 7) is 0. The highest BCUT2D eigenvalue weighted by Gasteiger charge is 2.17. The molecule has 0 saturated heterocycles. The number of nitrogens with two attached hydrogens (primary N) is 1. The van der Waals surface area contributed by atoms with Gasteiger partial charge in [0.25, 0.3) is 5.91 Å². The first kappa shape index (κ1) is 19.9. The van der Waals surface area contributed by atoms with Crippen molar-refractivity contribution in [3.63, 3.8) is 0 Å². The van der Waals surface area contributed by atoms with Crippen LogP contribution in [0.25, 0.3) is 6.08 Å². The summed E-state index contributed by atoms with van der Waals surface area (Å²) in [5, 5.41) is 12.5. The lowest BCUT2D eigenvalue weighted by Gasteiger charge is -2.11. The average Bonchev–Trinajstić information content (AvgIpc) is 2.57. The van der Waals surface area contributed by atoms with Crippen molar-refractivity contribution in [1.82, 2.24) is 5.32 Å². The number of aliphatic carboxylic acids is 1. The number of hydrogen-bond donors (Lipinski definition) is 4. The van der Waals surface area contributed by atoms with Crippen LogP contribution in [0.4, 0.5) is 25.0 Å². The van der Waals surface area contributed by atoms with Crippen LogP contribution in [0.1, 0.15) is 15.9 Å². The van der Waals surface area contributed by atoms with Crippen LogP contribution in [0.3, 0.4) is 0 Å². The Balaban J connectivity index is 2.18. The summed E-state index contributed by atoms with van der Waals surface area (Å²) < 4.78 is 26.3. The molecule has 0 unspecified atom stereocenters. The summed E-state index contributed by atoms with van der Waals surface area (Å²) in [5.41, 5.74) is 5.88. The van der Waals surface area contributed by atoms with E-state index >= 15 is 0 Å². The maximum atomic E-state index is 13.3. The molecule has 0 aliphatic carbocycles. The number of urea groups is 1. The number of nitrogens with one attached hydrogen (secondary N) is 2. The number of anilines is 2. The Bertz CT molecular complexity index is 963. The molecule has 0 aromatic heterocycles. The van der Waals surface area contributed by atoms with E-state index in [-0.39, 0.29) is 16.4 Å². The summed E-state index contributed by atoms with van der Waals surface area (Å²) in [6, 6.07) is 4.43. The second-order valence-corrected chi connectivity index (χ2v) is 5.58. The predicted molar refractivity (Wildman–Crippen MR) is 95.4 cm³/mol. The number of nitrogen functional groups attached to an aromatic ring is 1. The van der Waals surface area contributed by atoms with E-state index in [0.29, 0.717) is 17.7 Å². The van der Waals surface area contributed by atoms with Gasteiger partial charge >= 0.3 is 12.0 Å². The molecule has 27 heavy (non-hydrogen) atoms. The van der Waals surface area contributed by atoms with Crippen LogP contribution < -0.4 is 16.4 Å². The molecule has 0 heterocycles. The van der Waals surface area contributed by atoms with Gasteiger partial charge in [-0.2, -0.15) is 0 Å². The van der Waals surface area contributed by atoms with Crippen LogP contribution in [0.2, 0.25) is 5.02 Å². The number of hydrogen-bond acceptors (Lipinski definition) is 4. The Hall–Kier alpha value is -3.46. The number of carbonyl (C=O) groups is 3. The van der Waals surface area contributed by atoms with Crippen molar-refractivity contribution in [2.24, 2.45) is 0 Å². The monoisotopic (exact) mass is 395 g/mol. The average molecular weight is 396 g/mol. The van der Waals surface area contributed by atoms with Gasteiger partial charge in [-0.15, -0.1) is 0 Å². The summed E-state index contributed by atoms with van der Waals surface area (Å²) in [7, 11) is 0. The molecular weight excluding hydrogens is 384 g/mol. The van der Waals surface area contributed by atoms with Crippen molar-refractivity contribution in [1.29, 1.82) is 0 Å².